The average Bonchev–Trinajstić information content (AvgIpc) is 3.13. The molecule has 0 spiro atoms. The van der Waals surface area contributed by atoms with E-state index >= 15 is 0 Å². The second kappa shape index (κ2) is 7.26. The minimum atomic E-state index is -0.230. The maximum atomic E-state index is 11.9. The van der Waals surface area contributed by atoms with Crippen LogP contribution in [0.3, 0.4) is 0 Å². The number of rotatable bonds is 3. The van der Waals surface area contributed by atoms with Crippen LogP contribution in [-0.4, -0.2) is 58.7 Å². The third-order valence-corrected chi connectivity index (χ3v) is 4.82. The summed E-state index contributed by atoms with van der Waals surface area (Å²) in [6.45, 7) is 7.05. The lowest BCUT2D eigenvalue weighted by atomic mass is 10.2. The number of H-pyrrole nitrogens is 1. The number of aromatic amines is 1. The summed E-state index contributed by atoms with van der Waals surface area (Å²) in [6, 6.07) is 10.1. The molecule has 1 amide bonds. The highest BCUT2D eigenvalue weighted by molar-refractivity contribution is 5.93. The van der Waals surface area contributed by atoms with Gasteiger partial charge >= 0.3 is 6.09 Å². The lowest BCUT2D eigenvalue weighted by Crippen LogP contribution is -2.49. The molecule has 0 radical (unpaired) electrons. The molecule has 4 heterocycles. The molecule has 1 fully saturated rings. The van der Waals surface area contributed by atoms with Crippen molar-refractivity contribution >= 4 is 22.8 Å². The van der Waals surface area contributed by atoms with E-state index in [4.69, 9.17) is 4.74 Å². The number of pyridine rings is 2. The zero-order valence-electron chi connectivity index (χ0n) is 15.6. The molecule has 3 aromatic heterocycles. The quantitative estimate of drug-likeness (QED) is 0.771. The van der Waals surface area contributed by atoms with Crippen molar-refractivity contribution in [2.24, 2.45) is 0 Å². The molecule has 140 valence electrons. The highest BCUT2D eigenvalue weighted by atomic mass is 16.6. The molecule has 1 aliphatic rings. The predicted octanol–water partition coefficient (Wildman–Crippen LogP) is 3.21. The van der Waals surface area contributed by atoms with E-state index < -0.39 is 0 Å². The Labute approximate surface area is 158 Å². The van der Waals surface area contributed by atoms with Gasteiger partial charge in [0.25, 0.3) is 0 Å². The van der Waals surface area contributed by atoms with Gasteiger partial charge in [0, 0.05) is 49.1 Å². The minimum Gasteiger partial charge on any atom is -0.450 e. The first-order chi connectivity index (χ1) is 13.2. The topological polar surface area (TPSA) is 74.3 Å². The smallest absolute Gasteiger partial charge is 0.409 e. The first kappa shape index (κ1) is 17.3. The number of aryl methyl sites for hydroxylation is 1. The fraction of sp³-hybridized carbons (Fsp3) is 0.350. The van der Waals surface area contributed by atoms with E-state index in [9.17, 15) is 4.79 Å². The van der Waals surface area contributed by atoms with Crippen LogP contribution in [-0.2, 0) is 4.74 Å². The Kier molecular flexibility index (Phi) is 4.66. The van der Waals surface area contributed by atoms with Crippen LogP contribution >= 0.6 is 0 Å². The SMILES string of the molecule is CCOC(=O)N1CCN(c2ccnc3[nH]c(-c4cccc(C)n4)cc23)CC1. The molecule has 0 aliphatic carbocycles. The van der Waals surface area contributed by atoms with Crippen LogP contribution in [0.25, 0.3) is 22.4 Å². The second-order valence-electron chi connectivity index (χ2n) is 6.61. The molecule has 0 aromatic carbocycles. The normalized spacial score (nSPS) is 14.6. The molecule has 0 saturated carbocycles. The van der Waals surface area contributed by atoms with E-state index in [1.165, 1.54) is 0 Å². The standard InChI is InChI=1S/C20H23N5O2/c1-3-27-20(26)25-11-9-24(10-12-25)18-7-8-21-19-15(18)13-17(23-19)16-6-4-5-14(2)22-16/h4-8,13H,3,9-12H2,1-2H3,(H,21,23). The van der Waals surface area contributed by atoms with Crippen LogP contribution < -0.4 is 4.90 Å². The van der Waals surface area contributed by atoms with Gasteiger partial charge in [-0.1, -0.05) is 6.07 Å². The monoisotopic (exact) mass is 365 g/mol. The number of hydrogen-bond donors (Lipinski definition) is 1. The van der Waals surface area contributed by atoms with Gasteiger partial charge in [-0.05, 0) is 38.1 Å². The van der Waals surface area contributed by atoms with E-state index in [1.807, 2.05) is 44.3 Å². The van der Waals surface area contributed by atoms with Crippen molar-refractivity contribution in [3.63, 3.8) is 0 Å². The van der Waals surface area contributed by atoms with Crippen LogP contribution in [0.2, 0.25) is 0 Å². The predicted molar refractivity (Wildman–Crippen MR) is 105 cm³/mol. The molecule has 7 heteroatoms. The molecule has 3 aromatic rings. The van der Waals surface area contributed by atoms with Gasteiger partial charge < -0.3 is 19.5 Å². The lowest BCUT2D eigenvalue weighted by Gasteiger charge is -2.35. The van der Waals surface area contributed by atoms with Crippen molar-refractivity contribution in [1.29, 1.82) is 0 Å². The van der Waals surface area contributed by atoms with Crippen LogP contribution in [0.1, 0.15) is 12.6 Å². The summed E-state index contributed by atoms with van der Waals surface area (Å²) in [5, 5.41) is 1.07. The summed E-state index contributed by atoms with van der Waals surface area (Å²) in [5.74, 6) is 0. The van der Waals surface area contributed by atoms with Crippen molar-refractivity contribution in [2.45, 2.75) is 13.8 Å². The number of anilines is 1. The van der Waals surface area contributed by atoms with E-state index in [0.29, 0.717) is 19.7 Å². The minimum absolute atomic E-state index is 0.230. The molecule has 1 N–H and O–H groups in total. The number of fused-ring (bicyclic) bond motifs is 1. The van der Waals surface area contributed by atoms with E-state index in [1.54, 1.807) is 4.90 Å². The fourth-order valence-electron chi connectivity index (χ4n) is 3.46. The van der Waals surface area contributed by atoms with Gasteiger partial charge in [-0.15, -0.1) is 0 Å². The number of ether oxygens (including phenoxy) is 1. The third-order valence-electron chi connectivity index (χ3n) is 4.82. The van der Waals surface area contributed by atoms with Crippen LogP contribution in [0.5, 0.6) is 0 Å². The van der Waals surface area contributed by atoms with Gasteiger partial charge in [0.15, 0.2) is 0 Å². The Morgan fingerprint density at radius 3 is 2.78 bits per heavy atom. The molecule has 0 bridgehead atoms. The Balaban J connectivity index is 1.59. The summed E-state index contributed by atoms with van der Waals surface area (Å²) >= 11 is 0. The Bertz CT molecular complexity index is 960. The van der Waals surface area contributed by atoms with Gasteiger partial charge in [-0.3, -0.25) is 4.98 Å². The van der Waals surface area contributed by atoms with Gasteiger partial charge in [0.05, 0.1) is 18.0 Å². The van der Waals surface area contributed by atoms with E-state index in [0.717, 1.165) is 46.9 Å². The summed E-state index contributed by atoms with van der Waals surface area (Å²) in [4.78, 5) is 28.4. The maximum absolute atomic E-state index is 11.9. The number of carbonyl (C=O) groups is 1. The molecule has 0 unspecified atom stereocenters. The second-order valence-corrected chi connectivity index (χ2v) is 6.61. The molecule has 0 atom stereocenters. The average molecular weight is 365 g/mol. The summed E-state index contributed by atoms with van der Waals surface area (Å²) in [7, 11) is 0. The highest BCUT2D eigenvalue weighted by Crippen LogP contribution is 2.30. The summed E-state index contributed by atoms with van der Waals surface area (Å²) in [6.07, 6.45) is 1.59. The maximum Gasteiger partial charge on any atom is 0.409 e. The zero-order valence-corrected chi connectivity index (χ0v) is 15.6. The van der Waals surface area contributed by atoms with E-state index in [2.05, 4.69) is 25.9 Å². The molecule has 4 rings (SSSR count). The molecular weight excluding hydrogens is 342 g/mol. The van der Waals surface area contributed by atoms with Crippen LogP contribution in [0, 0.1) is 6.92 Å². The number of nitrogens with one attached hydrogen (secondary N) is 1. The number of nitrogens with zero attached hydrogens (tertiary/aromatic N) is 4. The summed E-state index contributed by atoms with van der Waals surface area (Å²) in [5.41, 5.74) is 4.82. The number of aromatic nitrogens is 3. The van der Waals surface area contributed by atoms with Crippen molar-refractivity contribution in [1.82, 2.24) is 19.9 Å². The van der Waals surface area contributed by atoms with Crippen LogP contribution in [0.15, 0.2) is 36.5 Å². The van der Waals surface area contributed by atoms with Crippen molar-refractivity contribution in [3.8, 4) is 11.4 Å². The number of hydrogen-bond acceptors (Lipinski definition) is 5. The molecule has 7 nitrogen and oxygen atoms in total. The van der Waals surface area contributed by atoms with Crippen molar-refractivity contribution in [3.05, 3.63) is 42.2 Å². The Morgan fingerprint density at radius 1 is 1.22 bits per heavy atom. The first-order valence-corrected chi connectivity index (χ1v) is 9.24. The summed E-state index contributed by atoms with van der Waals surface area (Å²) < 4.78 is 5.10. The van der Waals surface area contributed by atoms with Crippen molar-refractivity contribution in [2.75, 3.05) is 37.7 Å². The highest BCUT2D eigenvalue weighted by Gasteiger charge is 2.23. The number of piperazine rings is 1. The fourth-order valence-corrected chi connectivity index (χ4v) is 3.46. The molecule has 27 heavy (non-hydrogen) atoms. The van der Waals surface area contributed by atoms with Gasteiger partial charge in [-0.2, -0.15) is 0 Å². The Hall–Kier alpha value is -3.09. The van der Waals surface area contributed by atoms with E-state index in [-0.39, 0.29) is 6.09 Å². The molecule has 1 saturated heterocycles. The number of carbonyl (C=O) groups excluding carboxylic acids is 1. The van der Waals surface area contributed by atoms with Crippen LogP contribution in [0.4, 0.5) is 10.5 Å². The third kappa shape index (κ3) is 3.45. The zero-order chi connectivity index (χ0) is 18.8. The lowest BCUT2D eigenvalue weighted by molar-refractivity contribution is 0.105. The molecule has 1 aliphatic heterocycles. The number of amides is 1. The van der Waals surface area contributed by atoms with Crippen molar-refractivity contribution < 1.29 is 9.53 Å². The molecular formula is C20H23N5O2. The van der Waals surface area contributed by atoms with Gasteiger partial charge in [0.2, 0.25) is 0 Å². The van der Waals surface area contributed by atoms with Gasteiger partial charge in [-0.25, -0.2) is 9.78 Å². The largest absolute Gasteiger partial charge is 0.450 e. The first-order valence-electron chi connectivity index (χ1n) is 9.24. The Morgan fingerprint density at radius 2 is 2.04 bits per heavy atom. The van der Waals surface area contributed by atoms with Gasteiger partial charge in [0.1, 0.15) is 5.65 Å².